The molecule has 1 atom stereocenters. The molecule has 146 valence electrons. The van der Waals surface area contributed by atoms with E-state index < -0.39 is 11.9 Å². The van der Waals surface area contributed by atoms with Crippen LogP contribution in [0.2, 0.25) is 0 Å². The number of rotatable bonds is 9. The van der Waals surface area contributed by atoms with E-state index >= 15 is 0 Å². The summed E-state index contributed by atoms with van der Waals surface area (Å²) in [7, 11) is 1.56. The first-order valence-corrected chi connectivity index (χ1v) is 9.25. The Labute approximate surface area is 163 Å². The Morgan fingerprint density at radius 3 is 2.64 bits per heavy atom. The number of carboxylic acid groups (broad SMARTS) is 1. The maximum atomic E-state index is 12.2. The van der Waals surface area contributed by atoms with E-state index in [1.165, 1.54) is 0 Å². The molecule has 1 aromatic heterocycles. The van der Waals surface area contributed by atoms with Crippen LogP contribution < -0.4 is 10.1 Å². The first-order valence-electron chi connectivity index (χ1n) is 9.25. The van der Waals surface area contributed by atoms with Gasteiger partial charge in [-0.25, -0.2) is 0 Å². The Kier molecular flexibility index (Phi) is 6.32. The molecule has 0 aliphatic rings. The maximum absolute atomic E-state index is 12.2. The number of fused-ring (bicyclic) bond motifs is 1. The topological polar surface area (TPSA) is 91.4 Å². The van der Waals surface area contributed by atoms with Crippen molar-refractivity contribution in [3.05, 3.63) is 65.9 Å². The lowest BCUT2D eigenvalue weighted by Crippen LogP contribution is -2.34. The highest BCUT2D eigenvalue weighted by atomic mass is 16.5. The number of aromatic nitrogens is 1. The Balaban J connectivity index is 1.54. The number of aromatic amines is 1. The number of benzene rings is 2. The first-order chi connectivity index (χ1) is 13.6. The zero-order valence-electron chi connectivity index (χ0n) is 15.8. The average Bonchev–Trinajstić information content (AvgIpc) is 3.12. The average molecular weight is 380 g/mol. The van der Waals surface area contributed by atoms with Crippen LogP contribution in [0.4, 0.5) is 0 Å². The standard InChI is InChI=1S/C22H24N2O4/c1-28-20-9-5-2-6-15(20)12-17(22(26)27)14-24-21(25)11-10-16-13-23-19-8-4-3-7-18(16)19/h2-9,13,17,23H,10-12,14H2,1H3,(H,24,25)(H,26,27). The van der Waals surface area contributed by atoms with Crippen LogP contribution in [-0.4, -0.2) is 35.6 Å². The number of ether oxygens (including phenoxy) is 1. The van der Waals surface area contributed by atoms with Crippen molar-refractivity contribution >= 4 is 22.8 Å². The van der Waals surface area contributed by atoms with E-state index in [1.807, 2.05) is 48.7 Å². The molecule has 1 unspecified atom stereocenters. The van der Waals surface area contributed by atoms with Crippen LogP contribution in [0, 0.1) is 5.92 Å². The van der Waals surface area contributed by atoms with Crippen LogP contribution in [0.3, 0.4) is 0 Å². The molecule has 0 bridgehead atoms. The van der Waals surface area contributed by atoms with Gasteiger partial charge in [0.2, 0.25) is 5.91 Å². The number of methoxy groups -OCH3 is 1. The Morgan fingerprint density at radius 2 is 1.86 bits per heavy atom. The van der Waals surface area contributed by atoms with E-state index in [9.17, 15) is 14.7 Å². The zero-order chi connectivity index (χ0) is 19.9. The monoisotopic (exact) mass is 380 g/mol. The zero-order valence-corrected chi connectivity index (χ0v) is 15.8. The lowest BCUT2D eigenvalue weighted by molar-refractivity contribution is -0.141. The predicted molar refractivity (Wildman–Crippen MR) is 107 cm³/mol. The van der Waals surface area contributed by atoms with Gasteiger partial charge in [-0.2, -0.15) is 0 Å². The molecule has 1 amide bonds. The fourth-order valence-electron chi connectivity index (χ4n) is 3.30. The number of carbonyl (C=O) groups excluding carboxylic acids is 1. The minimum absolute atomic E-state index is 0.0834. The normalized spacial score (nSPS) is 11.9. The second kappa shape index (κ2) is 9.08. The van der Waals surface area contributed by atoms with Crippen LogP contribution in [0.5, 0.6) is 5.75 Å². The fourth-order valence-corrected chi connectivity index (χ4v) is 3.30. The third kappa shape index (κ3) is 4.71. The number of nitrogens with one attached hydrogen (secondary N) is 2. The highest BCUT2D eigenvalue weighted by Gasteiger charge is 2.20. The molecule has 3 N–H and O–H groups in total. The molecule has 0 saturated heterocycles. The molecule has 28 heavy (non-hydrogen) atoms. The number of para-hydroxylation sites is 2. The van der Waals surface area contributed by atoms with Gasteiger partial charge in [0.1, 0.15) is 5.75 Å². The number of hydrogen-bond acceptors (Lipinski definition) is 3. The molecule has 0 fully saturated rings. The van der Waals surface area contributed by atoms with Crippen molar-refractivity contribution in [3.63, 3.8) is 0 Å². The van der Waals surface area contributed by atoms with Crippen molar-refractivity contribution in [2.24, 2.45) is 5.92 Å². The first kappa shape index (κ1) is 19.5. The number of hydrogen-bond donors (Lipinski definition) is 3. The quantitative estimate of drug-likeness (QED) is 0.532. The van der Waals surface area contributed by atoms with E-state index in [0.29, 0.717) is 25.0 Å². The second-order valence-electron chi connectivity index (χ2n) is 6.71. The Morgan fingerprint density at radius 1 is 1.11 bits per heavy atom. The predicted octanol–water partition coefficient (Wildman–Crippen LogP) is 3.17. The smallest absolute Gasteiger partial charge is 0.308 e. The lowest BCUT2D eigenvalue weighted by atomic mass is 9.98. The summed E-state index contributed by atoms with van der Waals surface area (Å²) in [5, 5.41) is 13.4. The summed E-state index contributed by atoms with van der Waals surface area (Å²) in [5.41, 5.74) is 2.93. The van der Waals surface area contributed by atoms with Gasteiger partial charge >= 0.3 is 5.97 Å². The van der Waals surface area contributed by atoms with E-state index in [2.05, 4.69) is 10.3 Å². The van der Waals surface area contributed by atoms with Gasteiger partial charge in [-0.15, -0.1) is 0 Å². The molecule has 0 aliphatic heterocycles. The maximum Gasteiger partial charge on any atom is 0.308 e. The molecule has 1 heterocycles. The minimum Gasteiger partial charge on any atom is -0.496 e. The number of carbonyl (C=O) groups is 2. The van der Waals surface area contributed by atoms with Crippen molar-refractivity contribution in [1.29, 1.82) is 0 Å². The van der Waals surface area contributed by atoms with E-state index in [1.54, 1.807) is 13.2 Å². The summed E-state index contributed by atoms with van der Waals surface area (Å²) in [4.78, 5) is 27.0. The van der Waals surface area contributed by atoms with Gasteiger partial charge in [-0.1, -0.05) is 36.4 Å². The van der Waals surface area contributed by atoms with E-state index in [0.717, 1.165) is 22.0 Å². The summed E-state index contributed by atoms with van der Waals surface area (Å²) >= 11 is 0. The van der Waals surface area contributed by atoms with Gasteiger partial charge in [-0.3, -0.25) is 9.59 Å². The highest BCUT2D eigenvalue weighted by molar-refractivity contribution is 5.84. The van der Waals surface area contributed by atoms with Gasteiger partial charge in [0.25, 0.3) is 0 Å². The molecular formula is C22H24N2O4. The van der Waals surface area contributed by atoms with Crippen LogP contribution in [0.15, 0.2) is 54.7 Å². The Bertz CT molecular complexity index is 964. The van der Waals surface area contributed by atoms with Crippen molar-refractivity contribution in [3.8, 4) is 5.75 Å². The molecule has 0 radical (unpaired) electrons. The molecule has 6 nitrogen and oxygen atoms in total. The van der Waals surface area contributed by atoms with Crippen molar-refractivity contribution in [1.82, 2.24) is 10.3 Å². The molecule has 0 spiro atoms. The van der Waals surface area contributed by atoms with Gasteiger partial charge in [0, 0.05) is 30.1 Å². The number of H-pyrrole nitrogens is 1. The van der Waals surface area contributed by atoms with Gasteiger partial charge in [-0.05, 0) is 36.1 Å². The number of aliphatic carboxylic acids is 1. The highest BCUT2D eigenvalue weighted by Crippen LogP contribution is 2.21. The summed E-state index contributed by atoms with van der Waals surface area (Å²) in [6, 6.07) is 15.3. The van der Waals surface area contributed by atoms with Crippen molar-refractivity contribution in [2.75, 3.05) is 13.7 Å². The van der Waals surface area contributed by atoms with Crippen molar-refractivity contribution < 1.29 is 19.4 Å². The van der Waals surface area contributed by atoms with E-state index in [-0.39, 0.29) is 12.5 Å². The SMILES string of the molecule is COc1ccccc1CC(CNC(=O)CCc1c[nH]c2ccccc12)C(=O)O. The molecule has 0 aliphatic carbocycles. The van der Waals surface area contributed by atoms with Crippen LogP contribution >= 0.6 is 0 Å². The third-order valence-corrected chi connectivity index (χ3v) is 4.85. The van der Waals surface area contributed by atoms with Gasteiger partial charge < -0.3 is 20.1 Å². The lowest BCUT2D eigenvalue weighted by Gasteiger charge is -2.15. The van der Waals surface area contributed by atoms with Crippen molar-refractivity contribution in [2.45, 2.75) is 19.3 Å². The summed E-state index contributed by atoms with van der Waals surface area (Å²) < 4.78 is 5.28. The molecule has 6 heteroatoms. The molecular weight excluding hydrogens is 356 g/mol. The Hall–Kier alpha value is -3.28. The second-order valence-corrected chi connectivity index (χ2v) is 6.71. The number of amides is 1. The van der Waals surface area contributed by atoms with Crippen LogP contribution in [0.1, 0.15) is 17.5 Å². The number of aryl methyl sites for hydroxylation is 1. The molecule has 3 rings (SSSR count). The summed E-state index contributed by atoms with van der Waals surface area (Å²) in [6.07, 6.45) is 3.12. The largest absolute Gasteiger partial charge is 0.496 e. The van der Waals surface area contributed by atoms with Gasteiger partial charge in [0.15, 0.2) is 0 Å². The van der Waals surface area contributed by atoms with Gasteiger partial charge in [0.05, 0.1) is 13.0 Å². The molecule has 2 aromatic carbocycles. The van der Waals surface area contributed by atoms with E-state index in [4.69, 9.17) is 4.74 Å². The third-order valence-electron chi connectivity index (χ3n) is 4.85. The molecule has 3 aromatic rings. The summed E-state index contributed by atoms with van der Waals surface area (Å²) in [5.74, 6) is -1.16. The van der Waals surface area contributed by atoms with Crippen LogP contribution in [-0.2, 0) is 22.4 Å². The summed E-state index contributed by atoms with van der Waals surface area (Å²) in [6.45, 7) is 0.0834. The molecule has 0 saturated carbocycles. The minimum atomic E-state index is -0.942. The fraction of sp³-hybridized carbons (Fsp3) is 0.273. The van der Waals surface area contributed by atoms with Crippen LogP contribution in [0.25, 0.3) is 10.9 Å². The number of carboxylic acids is 1.